The number of aryl methyl sites for hydroxylation is 2. The highest BCUT2D eigenvalue weighted by atomic mass is 32.1. The molecule has 1 atom stereocenters. The molecule has 0 saturated heterocycles. The number of nitrogens with zero attached hydrogens (tertiary/aromatic N) is 1. The van der Waals surface area contributed by atoms with Crippen LogP contribution in [0, 0.1) is 6.92 Å². The zero-order valence-electron chi connectivity index (χ0n) is 9.43. The van der Waals surface area contributed by atoms with Crippen molar-refractivity contribution in [2.24, 2.45) is 0 Å². The number of aliphatic hydroxyl groups is 1. The standard InChI is InChI=1S/C12H15NO2S/c1-3-11-9(4-5-15-11)10(14)6-12-13-8(2)7-16-12/h4-5,7,10,14H,3,6H2,1-2H3. The van der Waals surface area contributed by atoms with Crippen LogP contribution in [-0.4, -0.2) is 10.1 Å². The summed E-state index contributed by atoms with van der Waals surface area (Å²) in [5.41, 5.74) is 1.89. The van der Waals surface area contributed by atoms with Crippen LogP contribution in [0.5, 0.6) is 0 Å². The zero-order valence-corrected chi connectivity index (χ0v) is 10.3. The van der Waals surface area contributed by atoms with E-state index >= 15 is 0 Å². The largest absolute Gasteiger partial charge is 0.469 e. The van der Waals surface area contributed by atoms with Gasteiger partial charge in [0.15, 0.2) is 0 Å². The zero-order chi connectivity index (χ0) is 11.5. The maximum atomic E-state index is 10.1. The minimum atomic E-state index is -0.515. The Kier molecular flexibility index (Phi) is 3.41. The van der Waals surface area contributed by atoms with Crippen molar-refractivity contribution in [1.82, 2.24) is 4.98 Å². The number of aromatic nitrogens is 1. The first-order valence-corrected chi connectivity index (χ1v) is 6.24. The molecule has 3 nitrogen and oxygen atoms in total. The summed E-state index contributed by atoms with van der Waals surface area (Å²) in [6.07, 6.45) is 2.48. The average Bonchev–Trinajstić information content (AvgIpc) is 2.86. The van der Waals surface area contributed by atoms with Gasteiger partial charge in [-0.05, 0) is 13.0 Å². The Hall–Kier alpha value is -1.13. The summed E-state index contributed by atoms with van der Waals surface area (Å²) in [6.45, 7) is 3.98. The van der Waals surface area contributed by atoms with Crippen LogP contribution in [0.15, 0.2) is 22.1 Å². The Morgan fingerprint density at radius 3 is 3.00 bits per heavy atom. The van der Waals surface area contributed by atoms with Crippen LogP contribution in [0.3, 0.4) is 0 Å². The van der Waals surface area contributed by atoms with Gasteiger partial charge in [0.25, 0.3) is 0 Å². The van der Waals surface area contributed by atoms with E-state index in [9.17, 15) is 5.11 Å². The van der Waals surface area contributed by atoms with Gasteiger partial charge in [-0.2, -0.15) is 0 Å². The fraction of sp³-hybridized carbons (Fsp3) is 0.417. The van der Waals surface area contributed by atoms with Gasteiger partial charge in [0.1, 0.15) is 5.76 Å². The monoisotopic (exact) mass is 237 g/mol. The molecule has 0 fully saturated rings. The number of hydrogen-bond donors (Lipinski definition) is 1. The topological polar surface area (TPSA) is 46.3 Å². The van der Waals surface area contributed by atoms with E-state index in [-0.39, 0.29) is 0 Å². The SMILES string of the molecule is CCc1occc1C(O)Cc1nc(C)cs1. The summed E-state index contributed by atoms with van der Waals surface area (Å²) < 4.78 is 5.30. The van der Waals surface area contributed by atoms with Gasteiger partial charge in [0.2, 0.25) is 0 Å². The van der Waals surface area contributed by atoms with E-state index in [0.29, 0.717) is 6.42 Å². The number of aliphatic hydroxyl groups excluding tert-OH is 1. The second kappa shape index (κ2) is 4.80. The number of hydrogen-bond acceptors (Lipinski definition) is 4. The number of rotatable bonds is 4. The van der Waals surface area contributed by atoms with Gasteiger partial charge in [-0.3, -0.25) is 0 Å². The lowest BCUT2D eigenvalue weighted by atomic mass is 10.1. The van der Waals surface area contributed by atoms with E-state index in [1.54, 1.807) is 17.6 Å². The Labute approximate surface area is 98.8 Å². The third-order valence-corrected chi connectivity index (χ3v) is 3.48. The normalized spacial score (nSPS) is 12.9. The minimum Gasteiger partial charge on any atom is -0.469 e. The predicted molar refractivity (Wildman–Crippen MR) is 63.6 cm³/mol. The molecule has 1 unspecified atom stereocenters. The molecule has 0 radical (unpaired) electrons. The molecule has 86 valence electrons. The van der Waals surface area contributed by atoms with Gasteiger partial charge in [-0.25, -0.2) is 4.98 Å². The Morgan fingerprint density at radius 1 is 1.56 bits per heavy atom. The molecule has 0 bridgehead atoms. The fourth-order valence-corrected chi connectivity index (χ4v) is 2.52. The van der Waals surface area contributed by atoms with Gasteiger partial charge >= 0.3 is 0 Å². The lowest BCUT2D eigenvalue weighted by Crippen LogP contribution is -2.02. The third kappa shape index (κ3) is 2.33. The van der Waals surface area contributed by atoms with E-state index in [1.807, 2.05) is 25.3 Å². The molecular formula is C12H15NO2S. The molecule has 0 aliphatic carbocycles. The van der Waals surface area contributed by atoms with E-state index in [2.05, 4.69) is 4.98 Å². The van der Waals surface area contributed by atoms with E-state index < -0.39 is 6.10 Å². The molecule has 2 rings (SSSR count). The first-order valence-electron chi connectivity index (χ1n) is 5.36. The summed E-state index contributed by atoms with van der Waals surface area (Å²) >= 11 is 1.59. The summed E-state index contributed by atoms with van der Waals surface area (Å²) in [7, 11) is 0. The van der Waals surface area contributed by atoms with Crippen molar-refractivity contribution in [1.29, 1.82) is 0 Å². The highest BCUT2D eigenvalue weighted by Gasteiger charge is 2.16. The Balaban J connectivity index is 2.11. The molecule has 0 aliphatic rings. The number of furan rings is 1. The van der Waals surface area contributed by atoms with Gasteiger partial charge in [-0.15, -0.1) is 11.3 Å². The lowest BCUT2D eigenvalue weighted by molar-refractivity contribution is 0.176. The van der Waals surface area contributed by atoms with Crippen LogP contribution in [0.4, 0.5) is 0 Å². The highest BCUT2D eigenvalue weighted by Crippen LogP contribution is 2.24. The maximum Gasteiger partial charge on any atom is 0.109 e. The van der Waals surface area contributed by atoms with Gasteiger partial charge in [0.05, 0.1) is 17.4 Å². The Morgan fingerprint density at radius 2 is 2.38 bits per heavy atom. The van der Waals surface area contributed by atoms with E-state index in [1.165, 1.54) is 0 Å². The van der Waals surface area contributed by atoms with Crippen LogP contribution < -0.4 is 0 Å². The summed E-state index contributed by atoms with van der Waals surface area (Å²) in [5, 5.41) is 13.1. The molecule has 0 aromatic carbocycles. The molecule has 1 N–H and O–H groups in total. The molecule has 2 aromatic rings. The van der Waals surface area contributed by atoms with Crippen molar-refractivity contribution >= 4 is 11.3 Å². The van der Waals surface area contributed by atoms with Crippen molar-refractivity contribution in [3.05, 3.63) is 39.7 Å². The summed E-state index contributed by atoms with van der Waals surface area (Å²) in [5.74, 6) is 0.862. The average molecular weight is 237 g/mol. The molecule has 0 amide bonds. The lowest BCUT2D eigenvalue weighted by Gasteiger charge is -2.08. The van der Waals surface area contributed by atoms with E-state index in [0.717, 1.165) is 28.4 Å². The van der Waals surface area contributed by atoms with Crippen molar-refractivity contribution in [2.45, 2.75) is 32.8 Å². The molecule has 2 aromatic heterocycles. The third-order valence-electron chi connectivity index (χ3n) is 2.49. The minimum absolute atomic E-state index is 0.515. The summed E-state index contributed by atoms with van der Waals surface area (Å²) in [6, 6.07) is 1.84. The van der Waals surface area contributed by atoms with Gasteiger partial charge in [0, 0.05) is 29.5 Å². The molecular weight excluding hydrogens is 222 g/mol. The van der Waals surface area contributed by atoms with E-state index in [4.69, 9.17) is 4.42 Å². The quantitative estimate of drug-likeness (QED) is 0.889. The highest BCUT2D eigenvalue weighted by molar-refractivity contribution is 7.09. The summed E-state index contributed by atoms with van der Waals surface area (Å²) in [4.78, 5) is 4.34. The van der Waals surface area contributed by atoms with Crippen molar-refractivity contribution < 1.29 is 9.52 Å². The molecule has 0 aliphatic heterocycles. The van der Waals surface area contributed by atoms with Gasteiger partial charge in [-0.1, -0.05) is 6.92 Å². The first-order chi connectivity index (χ1) is 7.70. The second-order valence-corrected chi connectivity index (χ2v) is 4.70. The van der Waals surface area contributed by atoms with Crippen LogP contribution >= 0.6 is 11.3 Å². The second-order valence-electron chi connectivity index (χ2n) is 3.76. The number of thiazole rings is 1. The van der Waals surface area contributed by atoms with Crippen molar-refractivity contribution in [3.8, 4) is 0 Å². The van der Waals surface area contributed by atoms with Crippen LogP contribution in [0.25, 0.3) is 0 Å². The molecule has 2 heterocycles. The smallest absolute Gasteiger partial charge is 0.109 e. The van der Waals surface area contributed by atoms with Crippen LogP contribution in [0.1, 0.15) is 35.1 Å². The van der Waals surface area contributed by atoms with Crippen LogP contribution in [-0.2, 0) is 12.8 Å². The first kappa shape index (κ1) is 11.4. The molecule has 4 heteroatoms. The molecule has 16 heavy (non-hydrogen) atoms. The van der Waals surface area contributed by atoms with Crippen molar-refractivity contribution in [3.63, 3.8) is 0 Å². The molecule has 0 spiro atoms. The van der Waals surface area contributed by atoms with Crippen molar-refractivity contribution in [2.75, 3.05) is 0 Å². The Bertz CT molecular complexity index is 461. The fourth-order valence-electron chi connectivity index (χ4n) is 1.71. The molecule has 0 saturated carbocycles. The van der Waals surface area contributed by atoms with Gasteiger partial charge < -0.3 is 9.52 Å². The maximum absolute atomic E-state index is 10.1. The predicted octanol–water partition coefficient (Wildman–Crippen LogP) is 2.88. The van der Waals surface area contributed by atoms with Crippen LogP contribution in [0.2, 0.25) is 0 Å².